The van der Waals surface area contributed by atoms with E-state index in [1.54, 1.807) is 6.20 Å². The van der Waals surface area contributed by atoms with Crippen LogP contribution >= 0.6 is 0 Å². The zero-order chi connectivity index (χ0) is 13.0. The van der Waals surface area contributed by atoms with E-state index >= 15 is 0 Å². The summed E-state index contributed by atoms with van der Waals surface area (Å²) in [5.74, 6) is 0. The molecule has 1 atom stereocenters. The van der Waals surface area contributed by atoms with E-state index in [1.807, 2.05) is 44.6 Å². The van der Waals surface area contributed by atoms with Crippen LogP contribution in [0.3, 0.4) is 0 Å². The van der Waals surface area contributed by atoms with Gasteiger partial charge in [-0.15, -0.1) is 0 Å². The van der Waals surface area contributed by atoms with Crippen molar-refractivity contribution in [2.75, 3.05) is 11.9 Å². The van der Waals surface area contributed by atoms with E-state index in [4.69, 9.17) is 5.73 Å². The minimum Gasteiger partial charge on any atom is -0.369 e. The quantitative estimate of drug-likeness (QED) is 0.892. The summed E-state index contributed by atoms with van der Waals surface area (Å²) in [6.45, 7) is 2.74. The van der Waals surface area contributed by atoms with Crippen molar-refractivity contribution in [3.8, 4) is 0 Å². The number of aromatic nitrogens is 2. The summed E-state index contributed by atoms with van der Waals surface area (Å²) >= 11 is 0. The topological polar surface area (TPSA) is 55.0 Å². The van der Waals surface area contributed by atoms with Gasteiger partial charge in [-0.2, -0.15) is 0 Å². The van der Waals surface area contributed by atoms with E-state index in [2.05, 4.69) is 20.9 Å². The fraction of sp³-hybridized carbons (Fsp3) is 0.286. The van der Waals surface area contributed by atoms with Gasteiger partial charge in [0.1, 0.15) is 0 Å². The number of hydrogen-bond acceptors (Lipinski definition) is 4. The molecule has 0 spiro atoms. The van der Waals surface area contributed by atoms with Gasteiger partial charge < -0.3 is 10.6 Å². The summed E-state index contributed by atoms with van der Waals surface area (Å²) in [7, 11) is 2.04. The average Bonchev–Trinajstić information content (AvgIpc) is 2.40. The third-order valence-corrected chi connectivity index (χ3v) is 2.82. The molecular formula is C14H18N4. The van der Waals surface area contributed by atoms with E-state index in [0.717, 1.165) is 17.9 Å². The molecule has 94 valence electrons. The molecule has 4 heteroatoms. The van der Waals surface area contributed by atoms with Crippen molar-refractivity contribution >= 4 is 5.69 Å². The second kappa shape index (κ2) is 5.60. The normalized spacial score (nSPS) is 12.2. The zero-order valence-electron chi connectivity index (χ0n) is 10.7. The van der Waals surface area contributed by atoms with Crippen LogP contribution in [-0.4, -0.2) is 17.0 Å². The van der Waals surface area contributed by atoms with E-state index in [0.29, 0.717) is 0 Å². The first-order chi connectivity index (χ1) is 8.66. The van der Waals surface area contributed by atoms with Gasteiger partial charge in [0.2, 0.25) is 0 Å². The lowest BCUT2D eigenvalue weighted by Crippen LogP contribution is -2.17. The fourth-order valence-corrected chi connectivity index (χ4v) is 1.75. The number of nitrogens with two attached hydrogens (primary N) is 1. The Morgan fingerprint density at radius 3 is 2.67 bits per heavy atom. The van der Waals surface area contributed by atoms with Crippen molar-refractivity contribution in [3.63, 3.8) is 0 Å². The lowest BCUT2D eigenvalue weighted by Gasteiger charge is -2.19. The molecule has 0 bridgehead atoms. The van der Waals surface area contributed by atoms with E-state index in [1.165, 1.54) is 5.56 Å². The van der Waals surface area contributed by atoms with Crippen LogP contribution in [0.2, 0.25) is 0 Å². The summed E-state index contributed by atoms with van der Waals surface area (Å²) in [6, 6.07) is 8.00. The molecule has 2 aromatic rings. The minimum absolute atomic E-state index is 0.0253. The predicted octanol–water partition coefficient (Wildman–Crippen LogP) is 2.13. The molecule has 2 rings (SSSR count). The molecule has 18 heavy (non-hydrogen) atoms. The highest BCUT2D eigenvalue weighted by molar-refractivity contribution is 5.44. The average molecular weight is 242 g/mol. The Hall–Kier alpha value is -1.94. The van der Waals surface area contributed by atoms with Gasteiger partial charge in [-0.3, -0.25) is 9.97 Å². The Morgan fingerprint density at radius 2 is 2.11 bits per heavy atom. The molecule has 0 radical (unpaired) electrons. The second-order valence-electron chi connectivity index (χ2n) is 4.45. The van der Waals surface area contributed by atoms with Crippen LogP contribution in [0, 0.1) is 0 Å². The summed E-state index contributed by atoms with van der Waals surface area (Å²) in [5, 5.41) is 0. The summed E-state index contributed by atoms with van der Waals surface area (Å²) in [4.78, 5) is 10.6. The van der Waals surface area contributed by atoms with Gasteiger partial charge >= 0.3 is 0 Å². The summed E-state index contributed by atoms with van der Waals surface area (Å²) in [5.41, 5.74) is 8.94. The van der Waals surface area contributed by atoms with Gasteiger partial charge in [-0.05, 0) is 30.7 Å². The SMILES string of the molecule is C[C@H](N)c1ccc(N(C)Cc2cccnc2)cn1. The van der Waals surface area contributed by atoms with E-state index in [-0.39, 0.29) is 6.04 Å². The molecule has 0 saturated heterocycles. The monoisotopic (exact) mass is 242 g/mol. The van der Waals surface area contributed by atoms with Gasteiger partial charge in [0, 0.05) is 32.0 Å². The molecule has 0 unspecified atom stereocenters. The summed E-state index contributed by atoms with van der Waals surface area (Å²) < 4.78 is 0. The van der Waals surface area contributed by atoms with Crippen molar-refractivity contribution in [2.24, 2.45) is 5.73 Å². The highest BCUT2D eigenvalue weighted by Crippen LogP contribution is 2.16. The maximum atomic E-state index is 5.78. The van der Waals surface area contributed by atoms with Gasteiger partial charge in [-0.1, -0.05) is 6.07 Å². The molecule has 0 aliphatic heterocycles. The number of hydrogen-bond donors (Lipinski definition) is 1. The van der Waals surface area contributed by atoms with Crippen LogP contribution in [0.1, 0.15) is 24.2 Å². The zero-order valence-corrected chi connectivity index (χ0v) is 10.7. The first-order valence-corrected chi connectivity index (χ1v) is 5.98. The molecule has 2 aromatic heterocycles. The third-order valence-electron chi connectivity index (χ3n) is 2.82. The second-order valence-corrected chi connectivity index (χ2v) is 4.45. The number of rotatable bonds is 4. The Bertz CT molecular complexity index is 479. The van der Waals surface area contributed by atoms with Crippen molar-refractivity contribution in [2.45, 2.75) is 19.5 Å². The Morgan fingerprint density at radius 1 is 1.28 bits per heavy atom. The highest BCUT2D eigenvalue weighted by atomic mass is 15.1. The van der Waals surface area contributed by atoms with Gasteiger partial charge in [0.05, 0.1) is 17.6 Å². The van der Waals surface area contributed by atoms with Crippen LogP contribution in [0.5, 0.6) is 0 Å². The molecule has 4 nitrogen and oxygen atoms in total. The number of nitrogens with zero attached hydrogens (tertiary/aromatic N) is 3. The Kier molecular flexibility index (Phi) is 3.89. The lowest BCUT2D eigenvalue weighted by atomic mass is 10.2. The molecule has 0 amide bonds. The Balaban J connectivity index is 2.07. The molecule has 2 heterocycles. The third kappa shape index (κ3) is 3.05. The van der Waals surface area contributed by atoms with E-state index < -0.39 is 0 Å². The van der Waals surface area contributed by atoms with Crippen LogP contribution in [0.4, 0.5) is 5.69 Å². The molecule has 0 fully saturated rings. The first-order valence-electron chi connectivity index (χ1n) is 5.98. The van der Waals surface area contributed by atoms with E-state index in [9.17, 15) is 0 Å². The molecule has 0 saturated carbocycles. The number of anilines is 1. The van der Waals surface area contributed by atoms with Gasteiger partial charge in [0.25, 0.3) is 0 Å². The lowest BCUT2D eigenvalue weighted by molar-refractivity contribution is 0.778. The number of pyridine rings is 2. The predicted molar refractivity (Wildman–Crippen MR) is 73.2 cm³/mol. The molecule has 2 N–H and O–H groups in total. The van der Waals surface area contributed by atoms with Crippen LogP contribution in [-0.2, 0) is 6.54 Å². The molecule has 0 aromatic carbocycles. The Labute approximate surface area is 107 Å². The van der Waals surface area contributed by atoms with Crippen molar-refractivity contribution in [1.29, 1.82) is 0 Å². The standard InChI is InChI=1S/C14H18N4/c1-11(15)14-6-5-13(9-17-14)18(2)10-12-4-3-7-16-8-12/h3-9,11H,10,15H2,1-2H3/t11-/m0/s1. The molecule has 0 aliphatic rings. The molecular weight excluding hydrogens is 224 g/mol. The van der Waals surface area contributed by atoms with Gasteiger partial charge in [-0.25, -0.2) is 0 Å². The minimum atomic E-state index is -0.0253. The highest BCUT2D eigenvalue weighted by Gasteiger charge is 2.05. The first kappa shape index (κ1) is 12.5. The van der Waals surface area contributed by atoms with Crippen molar-refractivity contribution in [3.05, 3.63) is 54.1 Å². The summed E-state index contributed by atoms with van der Waals surface area (Å²) in [6.07, 6.45) is 5.51. The maximum Gasteiger partial charge on any atom is 0.0569 e. The van der Waals surface area contributed by atoms with Crippen molar-refractivity contribution in [1.82, 2.24) is 9.97 Å². The smallest absolute Gasteiger partial charge is 0.0569 e. The largest absolute Gasteiger partial charge is 0.369 e. The molecule has 0 aliphatic carbocycles. The fourth-order valence-electron chi connectivity index (χ4n) is 1.75. The maximum absolute atomic E-state index is 5.78. The van der Waals surface area contributed by atoms with Crippen molar-refractivity contribution < 1.29 is 0 Å². The van der Waals surface area contributed by atoms with Crippen LogP contribution in [0.15, 0.2) is 42.9 Å². The van der Waals surface area contributed by atoms with Crippen LogP contribution in [0.25, 0.3) is 0 Å². The van der Waals surface area contributed by atoms with Gasteiger partial charge in [0.15, 0.2) is 0 Å². The van der Waals surface area contributed by atoms with Crippen LogP contribution < -0.4 is 10.6 Å².